The van der Waals surface area contributed by atoms with E-state index >= 15 is 0 Å². The Morgan fingerprint density at radius 3 is 2.80 bits per heavy atom. The Balaban J connectivity index is 2.01. The number of hydrogen-bond donors (Lipinski definition) is 2. The van der Waals surface area contributed by atoms with Crippen LogP contribution in [0.5, 0.6) is 0 Å². The highest BCUT2D eigenvalue weighted by molar-refractivity contribution is 7.08. The maximum Gasteiger partial charge on any atom is 0.265 e. The lowest BCUT2D eigenvalue weighted by atomic mass is 10.1. The van der Waals surface area contributed by atoms with E-state index in [1.807, 2.05) is 37.3 Å². The van der Waals surface area contributed by atoms with Crippen LogP contribution in [0.15, 0.2) is 30.3 Å². The van der Waals surface area contributed by atoms with Crippen molar-refractivity contribution in [2.75, 3.05) is 6.61 Å². The molecule has 0 bridgehead atoms. The van der Waals surface area contributed by atoms with Crippen LogP contribution in [0.2, 0.25) is 0 Å². The second kappa shape index (κ2) is 7.12. The van der Waals surface area contributed by atoms with Crippen LogP contribution in [0.1, 0.15) is 27.9 Å². The Kier molecular flexibility index (Phi) is 5.20. The first-order valence-electron chi connectivity index (χ1n) is 6.51. The van der Waals surface area contributed by atoms with Gasteiger partial charge in [-0.05, 0) is 29.9 Å². The standard InChI is InChI=1S/C14H17N3O2S/c1-2-12-13(20-17-16-12)14(19)15-11(9-18)8-10-6-4-3-5-7-10/h3-7,11,18H,2,8-9H2,1H3,(H,15,19). The molecule has 0 radical (unpaired) electrons. The number of aromatic nitrogens is 2. The molecule has 2 aromatic rings. The number of aryl methyl sites for hydroxylation is 1. The van der Waals surface area contributed by atoms with Crippen LogP contribution >= 0.6 is 11.5 Å². The van der Waals surface area contributed by atoms with E-state index in [4.69, 9.17) is 0 Å². The van der Waals surface area contributed by atoms with Crippen LogP contribution in [0.4, 0.5) is 0 Å². The molecule has 2 rings (SSSR count). The molecule has 1 unspecified atom stereocenters. The third kappa shape index (κ3) is 3.61. The smallest absolute Gasteiger partial charge is 0.265 e. The molecule has 0 saturated heterocycles. The lowest BCUT2D eigenvalue weighted by Gasteiger charge is -2.16. The number of nitrogens with one attached hydrogen (secondary N) is 1. The molecular formula is C14H17N3O2S. The van der Waals surface area contributed by atoms with Gasteiger partial charge in [0.2, 0.25) is 0 Å². The Labute approximate surface area is 121 Å². The number of carbonyl (C=O) groups is 1. The summed E-state index contributed by atoms with van der Waals surface area (Å²) in [5.74, 6) is -0.216. The number of nitrogens with zero attached hydrogens (tertiary/aromatic N) is 2. The molecule has 0 saturated carbocycles. The van der Waals surface area contributed by atoms with E-state index in [1.54, 1.807) is 0 Å². The molecular weight excluding hydrogens is 274 g/mol. The van der Waals surface area contributed by atoms with Crippen LogP contribution < -0.4 is 5.32 Å². The lowest BCUT2D eigenvalue weighted by molar-refractivity contribution is 0.0919. The van der Waals surface area contributed by atoms with Gasteiger partial charge in [-0.25, -0.2) is 0 Å². The summed E-state index contributed by atoms with van der Waals surface area (Å²) in [6.07, 6.45) is 1.26. The average Bonchev–Trinajstić information content (AvgIpc) is 2.96. The second-order valence-electron chi connectivity index (χ2n) is 4.44. The minimum Gasteiger partial charge on any atom is -0.394 e. The molecule has 1 heterocycles. The summed E-state index contributed by atoms with van der Waals surface area (Å²) < 4.78 is 3.80. The first kappa shape index (κ1) is 14.6. The van der Waals surface area contributed by atoms with Crippen molar-refractivity contribution >= 4 is 17.4 Å². The van der Waals surface area contributed by atoms with Gasteiger partial charge in [-0.15, -0.1) is 5.10 Å². The normalized spacial score (nSPS) is 12.1. The highest BCUT2D eigenvalue weighted by atomic mass is 32.1. The molecule has 2 N–H and O–H groups in total. The van der Waals surface area contributed by atoms with E-state index < -0.39 is 0 Å². The van der Waals surface area contributed by atoms with Gasteiger partial charge >= 0.3 is 0 Å². The highest BCUT2D eigenvalue weighted by Crippen LogP contribution is 2.12. The van der Waals surface area contributed by atoms with Crippen LogP contribution in [0.3, 0.4) is 0 Å². The molecule has 20 heavy (non-hydrogen) atoms. The van der Waals surface area contributed by atoms with Crippen molar-refractivity contribution in [3.05, 3.63) is 46.5 Å². The summed E-state index contributed by atoms with van der Waals surface area (Å²) in [5, 5.41) is 16.2. The summed E-state index contributed by atoms with van der Waals surface area (Å²) in [7, 11) is 0. The fourth-order valence-corrected chi connectivity index (χ4v) is 2.58. The number of aliphatic hydroxyl groups is 1. The largest absolute Gasteiger partial charge is 0.394 e. The number of rotatable bonds is 6. The minimum atomic E-state index is -0.309. The zero-order valence-corrected chi connectivity index (χ0v) is 12.1. The van der Waals surface area contributed by atoms with Gasteiger partial charge in [0.15, 0.2) is 0 Å². The van der Waals surface area contributed by atoms with Crippen LogP contribution in [-0.4, -0.2) is 33.2 Å². The molecule has 1 atom stereocenters. The number of aliphatic hydroxyl groups excluding tert-OH is 1. The van der Waals surface area contributed by atoms with Crippen LogP contribution in [0.25, 0.3) is 0 Å². The molecule has 0 aliphatic carbocycles. The van der Waals surface area contributed by atoms with Gasteiger partial charge in [0, 0.05) is 0 Å². The van der Waals surface area contributed by atoms with E-state index in [0.29, 0.717) is 23.4 Å². The van der Waals surface area contributed by atoms with Gasteiger partial charge in [-0.3, -0.25) is 4.79 Å². The molecule has 0 spiro atoms. The van der Waals surface area contributed by atoms with Gasteiger partial charge in [0.1, 0.15) is 4.88 Å². The Bertz CT molecular complexity index is 557. The van der Waals surface area contributed by atoms with Gasteiger partial charge in [0.05, 0.1) is 18.3 Å². The van der Waals surface area contributed by atoms with Crippen molar-refractivity contribution in [2.24, 2.45) is 0 Å². The van der Waals surface area contributed by atoms with E-state index in [1.165, 1.54) is 0 Å². The number of amides is 1. The monoisotopic (exact) mass is 291 g/mol. The fraction of sp³-hybridized carbons (Fsp3) is 0.357. The maximum absolute atomic E-state index is 12.2. The summed E-state index contributed by atoms with van der Waals surface area (Å²) in [5.41, 5.74) is 1.77. The van der Waals surface area contributed by atoms with E-state index in [0.717, 1.165) is 17.1 Å². The predicted octanol–water partition coefficient (Wildman–Crippen LogP) is 1.43. The topological polar surface area (TPSA) is 75.1 Å². The Morgan fingerprint density at radius 1 is 1.40 bits per heavy atom. The molecule has 6 heteroatoms. The molecule has 0 fully saturated rings. The van der Waals surface area contributed by atoms with Gasteiger partial charge in [-0.2, -0.15) is 0 Å². The lowest BCUT2D eigenvalue weighted by Crippen LogP contribution is -2.39. The summed E-state index contributed by atoms with van der Waals surface area (Å²) in [6, 6.07) is 9.45. The van der Waals surface area contributed by atoms with E-state index in [-0.39, 0.29) is 18.6 Å². The Hall–Kier alpha value is -1.79. The summed E-state index contributed by atoms with van der Waals surface area (Å²) >= 11 is 1.09. The van der Waals surface area contributed by atoms with Crippen molar-refractivity contribution in [1.82, 2.24) is 14.9 Å². The summed E-state index contributed by atoms with van der Waals surface area (Å²) in [4.78, 5) is 12.7. The van der Waals surface area contributed by atoms with E-state index in [2.05, 4.69) is 14.9 Å². The molecule has 1 amide bonds. The minimum absolute atomic E-state index is 0.103. The molecule has 1 aromatic carbocycles. The van der Waals surface area contributed by atoms with Crippen molar-refractivity contribution in [3.8, 4) is 0 Å². The van der Waals surface area contributed by atoms with Gasteiger partial charge < -0.3 is 10.4 Å². The first-order valence-corrected chi connectivity index (χ1v) is 7.28. The number of hydrogen-bond acceptors (Lipinski definition) is 5. The van der Waals surface area contributed by atoms with Crippen molar-refractivity contribution in [2.45, 2.75) is 25.8 Å². The second-order valence-corrected chi connectivity index (χ2v) is 5.20. The molecule has 0 aliphatic rings. The Morgan fingerprint density at radius 2 is 2.15 bits per heavy atom. The fourth-order valence-electron chi connectivity index (χ4n) is 1.92. The molecule has 5 nitrogen and oxygen atoms in total. The van der Waals surface area contributed by atoms with E-state index in [9.17, 15) is 9.90 Å². The van der Waals surface area contributed by atoms with Crippen molar-refractivity contribution < 1.29 is 9.90 Å². The third-order valence-electron chi connectivity index (χ3n) is 2.98. The maximum atomic E-state index is 12.2. The van der Waals surface area contributed by atoms with Gasteiger partial charge in [0.25, 0.3) is 5.91 Å². The number of benzene rings is 1. The van der Waals surface area contributed by atoms with Crippen LogP contribution in [-0.2, 0) is 12.8 Å². The van der Waals surface area contributed by atoms with Crippen molar-refractivity contribution in [3.63, 3.8) is 0 Å². The van der Waals surface area contributed by atoms with Crippen molar-refractivity contribution in [1.29, 1.82) is 0 Å². The zero-order valence-electron chi connectivity index (χ0n) is 11.2. The summed E-state index contributed by atoms with van der Waals surface area (Å²) in [6.45, 7) is 1.83. The average molecular weight is 291 g/mol. The predicted molar refractivity (Wildman–Crippen MR) is 77.8 cm³/mol. The highest BCUT2D eigenvalue weighted by Gasteiger charge is 2.18. The van der Waals surface area contributed by atoms with Gasteiger partial charge in [-0.1, -0.05) is 41.7 Å². The zero-order chi connectivity index (χ0) is 14.4. The molecule has 1 aromatic heterocycles. The quantitative estimate of drug-likeness (QED) is 0.844. The molecule has 106 valence electrons. The molecule has 0 aliphatic heterocycles. The SMILES string of the molecule is CCc1nnsc1C(=O)NC(CO)Cc1ccccc1. The van der Waals surface area contributed by atoms with Crippen LogP contribution in [0, 0.1) is 0 Å². The number of carbonyl (C=O) groups excluding carboxylic acids is 1. The third-order valence-corrected chi connectivity index (χ3v) is 3.74. The first-order chi connectivity index (χ1) is 9.74.